The normalized spacial score (nSPS) is 22.8. The van der Waals surface area contributed by atoms with Gasteiger partial charge in [0.25, 0.3) is 0 Å². The van der Waals surface area contributed by atoms with E-state index in [0.717, 1.165) is 32.1 Å². The molecule has 0 radical (unpaired) electrons. The van der Waals surface area contributed by atoms with Gasteiger partial charge in [-0.15, -0.1) is 0 Å². The Morgan fingerprint density at radius 1 is 1.21 bits per heavy atom. The van der Waals surface area contributed by atoms with Gasteiger partial charge in [0, 0.05) is 44.5 Å². The number of rotatable bonds is 6. The monoisotopic (exact) mass is 354 g/mol. The Labute approximate surface area is 143 Å². The van der Waals surface area contributed by atoms with Crippen molar-refractivity contribution in [2.45, 2.75) is 62.8 Å². The van der Waals surface area contributed by atoms with Gasteiger partial charge in [0.2, 0.25) is 15.9 Å². The molecule has 1 amide bonds. The van der Waals surface area contributed by atoms with Crippen LogP contribution in [0.5, 0.6) is 0 Å². The molecule has 24 heavy (non-hydrogen) atoms. The van der Waals surface area contributed by atoms with Gasteiger partial charge in [0.05, 0.1) is 5.25 Å². The number of nitrogens with zero attached hydrogens (tertiary/aromatic N) is 3. The number of piperidine rings is 1. The topological polar surface area (TPSA) is 84.3 Å². The van der Waals surface area contributed by atoms with Crippen molar-refractivity contribution in [1.29, 1.82) is 0 Å². The van der Waals surface area contributed by atoms with Gasteiger partial charge in [-0.05, 0) is 31.7 Å². The van der Waals surface area contributed by atoms with Crippen molar-refractivity contribution in [1.82, 2.24) is 19.4 Å². The Balaban J connectivity index is 1.53. The Morgan fingerprint density at radius 3 is 2.71 bits per heavy atom. The molecular weight excluding hydrogens is 328 g/mol. The second kappa shape index (κ2) is 7.65. The van der Waals surface area contributed by atoms with Crippen LogP contribution in [-0.4, -0.2) is 53.4 Å². The van der Waals surface area contributed by atoms with E-state index in [0.29, 0.717) is 32.5 Å². The fourth-order valence-corrected chi connectivity index (χ4v) is 5.34. The number of carbonyl (C=O) groups is 1. The minimum atomic E-state index is -3.35. The lowest BCUT2D eigenvalue weighted by atomic mass is 10.1. The third kappa shape index (κ3) is 4.36. The number of aromatic nitrogens is 2. The van der Waals surface area contributed by atoms with E-state index in [1.165, 1.54) is 0 Å². The third-order valence-electron chi connectivity index (χ3n) is 4.97. The lowest BCUT2D eigenvalue weighted by Gasteiger charge is -2.33. The number of aryl methyl sites for hydroxylation is 1. The van der Waals surface area contributed by atoms with Crippen LogP contribution in [0.4, 0.5) is 0 Å². The van der Waals surface area contributed by atoms with E-state index in [9.17, 15) is 13.2 Å². The largest absolute Gasteiger partial charge is 0.341 e. The summed E-state index contributed by atoms with van der Waals surface area (Å²) in [6.45, 7) is 1.48. The highest BCUT2D eigenvalue weighted by Crippen LogP contribution is 2.22. The first-order valence-corrected chi connectivity index (χ1v) is 10.4. The molecule has 1 aliphatic carbocycles. The summed E-state index contributed by atoms with van der Waals surface area (Å²) in [4.78, 5) is 14.1. The maximum Gasteiger partial charge on any atom is 0.224 e. The summed E-state index contributed by atoms with van der Waals surface area (Å²) in [5.41, 5.74) is 0. The highest BCUT2D eigenvalue weighted by Gasteiger charge is 2.34. The second-order valence-electron chi connectivity index (χ2n) is 6.77. The molecule has 2 heterocycles. The van der Waals surface area contributed by atoms with Gasteiger partial charge < -0.3 is 4.90 Å². The van der Waals surface area contributed by atoms with Crippen LogP contribution in [0.15, 0.2) is 18.5 Å². The minimum absolute atomic E-state index is 0.00580. The van der Waals surface area contributed by atoms with Gasteiger partial charge in [-0.25, -0.2) is 13.1 Å². The fraction of sp³-hybridized carbons (Fsp3) is 0.750. The van der Waals surface area contributed by atoms with Gasteiger partial charge >= 0.3 is 0 Å². The molecule has 0 bridgehead atoms. The molecule has 2 aliphatic rings. The summed E-state index contributed by atoms with van der Waals surface area (Å²) in [5, 5.41) is 3.60. The first-order chi connectivity index (χ1) is 11.5. The lowest BCUT2D eigenvalue weighted by molar-refractivity contribution is -0.132. The average Bonchev–Trinajstić information content (AvgIpc) is 3.26. The predicted molar refractivity (Wildman–Crippen MR) is 90.8 cm³/mol. The molecule has 1 N–H and O–H groups in total. The highest BCUT2D eigenvalue weighted by molar-refractivity contribution is 7.90. The standard InChI is InChI=1S/C16H26N4O3S/c21-16(8-12-20-11-4-9-17-20)19-10-3-7-15(13-19)24(22,23)18-14-5-1-2-6-14/h4,9,11,14-15,18H,1-3,5-8,10,12-13H2/t15-/m0/s1. The van der Waals surface area contributed by atoms with Gasteiger partial charge in [-0.3, -0.25) is 9.48 Å². The van der Waals surface area contributed by atoms with Crippen LogP contribution in [0.2, 0.25) is 0 Å². The summed E-state index contributed by atoms with van der Waals surface area (Å²) in [6.07, 6.45) is 9.27. The number of nitrogens with one attached hydrogen (secondary N) is 1. The molecule has 1 saturated heterocycles. The molecule has 1 atom stereocenters. The van der Waals surface area contributed by atoms with Crippen LogP contribution in [0, 0.1) is 0 Å². The zero-order valence-corrected chi connectivity index (χ0v) is 14.7. The van der Waals surface area contributed by atoms with Crippen molar-refractivity contribution >= 4 is 15.9 Å². The van der Waals surface area contributed by atoms with Crippen molar-refractivity contribution in [3.05, 3.63) is 18.5 Å². The SMILES string of the molecule is O=C(CCn1cccn1)N1CCC[C@H](S(=O)(=O)NC2CCCC2)C1. The van der Waals surface area contributed by atoms with Crippen LogP contribution in [-0.2, 0) is 21.4 Å². The molecule has 0 unspecified atom stereocenters. The van der Waals surface area contributed by atoms with E-state index in [4.69, 9.17) is 0 Å². The lowest BCUT2D eigenvalue weighted by Crippen LogP contribution is -2.50. The maximum absolute atomic E-state index is 12.6. The highest BCUT2D eigenvalue weighted by atomic mass is 32.2. The zero-order valence-electron chi connectivity index (χ0n) is 13.9. The molecular formula is C16H26N4O3S. The molecule has 2 fully saturated rings. The van der Waals surface area contributed by atoms with E-state index in [1.807, 2.05) is 12.3 Å². The summed E-state index contributed by atoms with van der Waals surface area (Å²) in [7, 11) is -3.35. The first-order valence-electron chi connectivity index (χ1n) is 8.81. The quantitative estimate of drug-likeness (QED) is 0.830. The Kier molecular flexibility index (Phi) is 5.55. The molecule has 3 rings (SSSR count). The van der Waals surface area contributed by atoms with Crippen molar-refractivity contribution < 1.29 is 13.2 Å². The van der Waals surface area contributed by atoms with Gasteiger partial charge in [0.15, 0.2) is 0 Å². The van der Waals surface area contributed by atoms with Gasteiger partial charge in [-0.1, -0.05) is 12.8 Å². The summed E-state index contributed by atoms with van der Waals surface area (Å²) >= 11 is 0. The zero-order chi connectivity index (χ0) is 17.0. The van der Waals surface area contributed by atoms with E-state index in [2.05, 4.69) is 9.82 Å². The van der Waals surface area contributed by atoms with E-state index in [1.54, 1.807) is 15.8 Å². The van der Waals surface area contributed by atoms with Crippen molar-refractivity contribution in [2.75, 3.05) is 13.1 Å². The average molecular weight is 354 g/mol. The van der Waals surface area contributed by atoms with E-state index < -0.39 is 15.3 Å². The van der Waals surface area contributed by atoms with E-state index in [-0.39, 0.29) is 11.9 Å². The molecule has 1 aliphatic heterocycles. The number of sulfonamides is 1. The van der Waals surface area contributed by atoms with Crippen LogP contribution in [0.1, 0.15) is 44.9 Å². The van der Waals surface area contributed by atoms with E-state index >= 15 is 0 Å². The van der Waals surface area contributed by atoms with Crippen LogP contribution in [0.3, 0.4) is 0 Å². The summed E-state index contributed by atoms with van der Waals surface area (Å²) < 4.78 is 29.8. The number of hydrogen-bond acceptors (Lipinski definition) is 4. The number of carbonyl (C=O) groups excluding carboxylic acids is 1. The molecule has 8 heteroatoms. The van der Waals surface area contributed by atoms with Crippen molar-refractivity contribution in [3.63, 3.8) is 0 Å². The molecule has 0 spiro atoms. The second-order valence-corrected chi connectivity index (χ2v) is 8.76. The van der Waals surface area contributed by atoms with Crippen molar-refractivity contribution in [2.24, 2.45) is 0 Å². The Bertz CT molecular complexity index is 638. The predicted octanol–water partition coefficient (Wildman–Crippen LogP) is 1.13. The minimum Gasteiger partial charge on any atom is -0.341 e. The van der Waals surface area contributed by atoms with Crippen LogP contribution >= 0.6 is 0 Å². The molecule has 1 aromatic heterocycles. The number of amides is 1. The first kappa shape index (κ1) is 17.4. The maximum atomic E-state index is 12.6. The molecule has 0 aromatic carbocycles. The summed E-state index contributed by atoms with van der Waals surface area (Å²) in [6, 6.07) is 1.91. The summed E-state index contributed by atoms with van der Waals surface area (Å²) in [5.74, 6) is 0.00580. The molecule has 1 aromatic rings. The molecule has 7 nitrogen and oxygen atoms in total. The van der Waals surface area contributed by atoms with Gasteiger partial charge in [0.1, 0.15) is 0 Å². The fourth-order valence-electron chi connectivity index (χ4n) is 3.59. The van der Waals surface area contributed by atoms with Gasteiger partial charge in [-0.2, -0.15) is 5.10 Å². The number of likely N-dealkylation sites (tertiary alicyclic amines) is 1. The third-order valence-corrected chi connectivity index (χ3v) is 6.89. The Hall–Kier alpha value is -1.41. The van der Waals surface area contributed by atoms with Crippen LogP contribution in [0.25, 0.3) is 0 Å². The Morgan fingerprint density at radius 2 is 2.00 bits per heavy atom. The molecule has 134 valence electrons. The smallest absolute Gasteiger partial charge is 0.224 e. The molecule has 1 saturated carbocycles. The van der Waals surface area contributed by atoms with Crippen molar-refractivity contribution in [3.8, 4) is 0 Å². The van der Waals surface area contributed by atoms with Crippen LogP contribution < -0.4 is 4.72 Å². The number of hydrogen-bond donors (Lipinski definition) is 1.